The fourth-order valence-corrected chi connectivity index (χ4v) is 1.52. The second-order valence-corrected chi connectivity index (χ2v) is 4.04. The van der Waals surface area contributed by atoms with E-state index in [2.05, 4.69) is 15.0 Å². The SMILES string of the molecule is COC(=O)[C@H](C)Cn1cc(CCCCO)nn1. The zero-order valence-electron chi connectivity index (χ0n) is 10.3. The zero-order chi connectivity index (χ0) is 12.7. The Hall–Kier alpha value is -1.43. The quantitative estimate of drug-likeness (QED) is 0.552. The highest BCUT2D eigenvalue weighted by atomic mass is 16.5. The molecule has 1 aromatic rings. The molecule has 0 aliphatic carbocycles. The van der Waals surface area contributed by atoms with Gasteiger partial charge in [-0.2, -0.15) is 0 Å². The Bertz CT molecular complexity index is 351. The third kappa shape index (κ3) is 4.52. The molecular weight excluding hydrogens is 222 g/mol. The summed E-state index contributed by atoms with van der Waals surface area (Å²) in [5.74, 6) is -0.477. The highest BCUT2D eigenvalue weighted by Gasteiger charge is 2.14. The third-order valence-electron chi connectivity index (χ3n) is 2.49. The predicted octanol–water partition coefficient (Wildman–Crippen LogP) is 0.402. The van der Waals surface area contributed by atoms with Crippen molar-refractivity contribution in [1.82, 2.24) is 15.0 Å². The maximum Gasteiger partial charge on any atom is 0.310 e. The van der Waals surface area contributed by atoms with Crippen LogP contribution in [0, 0.1) is 5.92 Å². The molecule has 0 amide bonds. The molecule has 1 rings (SSSR count). The molecule has 0 radical (unpaired) electrons. The van der Waals surface area contributed by atoms with Gasteiger partial charge in [0.25, 0.3) is 0 Å². The van der Waals surface area contributed by atoms with Crippen molar-refractivity contribution in [3.8, 4) is 0 Å². The molecule has 6 heteroatoms. The second-order valence-electron chi connectivity index (χ2n) is 4.04. The topological polar surface area (TPSA) is 77.2 Å². The van der Waals surface area contributed by atoms with Gasteiger partial charge in [0.15, 0.2) is 0 Å². The molecule has 1 aromatic heterocycles. The minimum atomic E-state index is -0.248. The largest absolute Gasteiger partial charge is 0.469 e. The van der Waals surface area contributed by atoms with Crippen molar-refractivity contribution in [3.63, 3.8) is 0 Å². The fraction of sp³-hybridized carbons (Fsp3) is 0.727. The number of ether oxygens (including phenoxy) is 1. The summed E-state index contributed by atoms with van der Waals surface area (Å²) in [7, 11) is 1.38. The van der Waals surface area contributed by atoms with E-state index in [1.54, 1.807) is 11.6 Å². The molecule has 1 N–H and O–H groups in total. The van der Waals surface area contributed by atoms with E-state index in [-0.39, 0.29) is 18.5 Å². The van der Waals surface area contributed by atoms with Crippen molar-refractivity contribution in [2.24, 2.45) is 5.92 Å². The average Bonchev–Trinajstić information content (AvgIpc) is 2.76. The Balaban J connectivity index is 2.42. The molecule has 0 fully saturated rings. The molecular formula is C11H19N3O3. The number of unbranched alkanes of at least 4 members (excludes halogenated alkanes) is 1. The number of hydrogen-bond donors (Lipinski definition) is 1. The van der Waals surface area contributed by atoms with E-state index < -0.39 is 0 Å². The van der Waals surface area contributed by atoms with Crippen LogP contribution in [0.25, 0.3) is 0 Å². The summed E-state index contributed by atoms with van der Waals surface area (Å²) in [5.41, 5.74) is 0.885. The summed E-state index contributed by atoms with van der Waals surface area (Å²) in [5, 5.41) is 16.6. The lowest BCUT2D eigenvalue weighted by Gasteiger charge is -2.07. The molecule has 0 aliphatic heterocycles. The zero-order valence-corrected chi connectivity index (χ0v) is 10.3. The smallest absolute Gasteiger partial charge is 0.310 e. The Labute approximate surface area is 101 Å². The minimum absolute atomic E-state index is 0.202. The number of aliphatic hydroxyl groups is 1. The minimum Gasteiger partial charge on any atom is -0.469 e. The Morgan fingerprint density at radius 3 is 3.00 bits per heavy atom. The average molecular weight is 241 g/mol. The van der Waals surface area contributed by atoms with Gasteiger partial charge in [-0.05, 0) is 19.3 Å². The van der Waals surface area contributed by atoms with Gasteiger partial charge in [0.1, 0.15) is 0 Å². The standard InChI is InChI=1S/C11H19N3O3/c1-9(11(16)17-2)7-14-8-10(12-13-14)5-3-4-6-15/h8-9,15H,3-7H2,1-2H3/t9-/m1/s1. The van der Waals surface area contributed by atoms with E-state index in [1.807, 2.05) is 6.20 Å². The van der Waals surface area contributed by atoms with Crippen LogP contribution >= 0.6 is 0 Å². The molecule has 96 valence electrons. The lowest BCUT2D eigenvalue weighted by molar-refractivity contribution is -0.145. The number of hydrogen-bond acceptors (Lipinski definition) is 5. The number of aryl methyl sites for hydroxylation is 1. The highest BCUT2D eigenvalue weighted by molar-refractivity contribution is 5.71. The number of esters is 1. The predicted molar refractivity (Wildman–Crippen MR) is 61.2 cm³/mol. The second kappa shape index (κ2) is 7.01. The molecule has 1 atom stereocenters. The first-order valence-electron chi connectivity index (χ1n) is 5.75. The van der Waals surface area contributed by atoms with Crippen LogP contribution in [-0.4, -0.2) is 39.8 Å². The first-order chi connectivity index (χ1) is 8.17. The van der Waals surface area contributed by atoms with Gasteiger partial charge < -0.3 is 9.84 Å². The van der Waals surface area contributed by atoms with Crippen molar-refractivity contribution in [2.45, 2.75) is 32.7 Å². The molecule has 1 heterocycles. The van der Waals surface area contributed by atoms with Gasteiger partial charge in [-0.15, -0.1) is 5.10 Å². The number of rotatable bonds is 7. The molecule has 6 nitrogen and oxygen atoms in total. The Morgan fingerprint density at radius 2 is 2.35 bits per heavy atom. The number of aromatic nitrogens is 3. The van der Waals surface area contributed by atoms with Crippen molar-refractivity contribution in [3.05, 3.63) is 11.9 Å². The summed E-state index contributed by atoms with van der Waals surface area (Å²) in [6, 6.07) is 0. The van der Waals surface area contributed by atoms with Crippen LogP contribution in [0.3, 0.4) is 0 Å². The third-order valence-corrected chi connectivity index (χ3v) is 2.49. The molecule has 17 heavy (non-hydrogen) atoms. The van der Waals surface area contributed by atoms with Gasteiger partial charge >= 0.3 is 5.97 Å². The molecule has 0 unspecified atom stereocenters. The van der Waals surface area contributed by atoms with E-state index in [9.17, 15) is 4.79 Å². The van der Waals surface area contributed by atoms with E-state index in [1.165, 1.54) is 7.11 Å². The molecule has 0 bridgehead atoms. The lowest BCUT2D eigenvalue weighted by Crippen LogP contribution is -2.19. The van der Waals surface area contributed by atoms with Crippen molar-refractivity contribution < 1.29 is 14.6 Å². The van der Waals surface area contributed by atoms with Gasteiger partial charge in [-0.3, -0.25) is 9.48 Å². The van der Waals surface area contributed by atoms with Crippen molar-refractivity contribution >= 4 is 5.97 Å². The Morgan fingerprint density at radius 1 is 1.59 bits per heavy atom. The first-order valence-corrected chi connectivity index (χ1v) is 5.75. The fourth-order valence-electron chi connectivity index (χ4n) is 1.52. The Kier molecular flexibility index (Phi) is 5.62. The van der Waals surface area contributed by atoms with Gasteiger partial charge in [0.05, 0.1) is 25.3 Å². The summed E-state index contributed by atoms with van der Waals surface area (Å²) in [4.78, 5) is 11.2. The number of carbonyl (C=O) groups is 1. The molecule has 0 aliphatic rings. The van der Waals surface area contributed by atoms with Crippen molar-refractivity contribution in [2.75, 3.05) is 13.7 Å². The van der Waals surface area contributed by atoms with Crippen molar-refractivity contribution in [1.29, 1.82) is 0 Å². The van der Waals surface area contributed by atoms with Crippen LogP contribution in [0.15, 0.2) is 6.20 Å². The number of nitrogens with zero attached hydrogens (tertiary/aromatic N) is 3. The summed E-state index contributed by atoms with van der Waals surface area (Å²) in [6.45, 7) is 2.46. The summed E-state index contributed by atoms with van der Waals surface area (Å²) < 4.78 is 6.29. The van der Waals surface area contributed by atoms with E-state index in [0.717, 1.165) is 25.0 Å². The van der Waals surface area contributed by atoms with Crippen LogP contribution in [0.1, 0.15) is 25.5 Å². The summed E-state index contributed by atoms with van der Waals surface area (Å²) in [6.07, 6.45) is 4.29. The van der Waals surface area contributed by atoms with Crippen LogP contribution in [0.2, 0.25) is 0 Å². The van der Waals surface area contributed by atoms with E-state index in [0.29, 0.717) is 6.54 Å². The van der Waals surface area contributed by atoms with Crippen LogP contribution in [0.4, 0.5) is 0 Å². The highest BCUT2D eigenvalue weighted by Crippen LogP contribution is 2.05. The maximum atomic E-state index is 11.2. The number of aliphatic hydroxyl groups excluding tert-OH is 1. The normalized spacial score (nSPS) is 12.4. The van der Waals surface area contributed by atoms with Gasteiger partial charge in [-0.25, -0.2) is 0 Å². The molecule has 0 spiro atoms. The lowest BCUT2D eigenvalue weighted by atomic mass is 10.2. The maximum absolute atomic E-state index is 11.2. The van der Waals surface area contributed by atoms with Gasteiger partial charge in [-0.1, -0.05) is 12.1 Å². The molecule has 0 saturated heterocycles. The molecule has 0 aromatic carbocycles. The van der Waals surface area contributed by atoms with E-state index in [4.69, 9.17) is 5.11 Å². The van der Waals surface area contributed by atoms with Gasteiger partial charge in [0, 0.05) is 12.8 Å². The monoisotopic (exact) mass is 241 g/mol. The summed E-state index contributed by atoms with van der Waals surface area (Å²) >= 11 is 0. The first kappa shape index (κ1) is 13.6. The van der Waals surface area contributed by atoms with Gasteiger partial charge in [0.2, 0.25) is 0 Å². The van der Waals surface area contributed by atoms with Crippen LogP contribution < -0.4 is 0 Å². The number of methoxy groups -OCH3 is 1. The molecule has 0 saturated carbocycles. The van der Waals surface area contributed by atoms with E-state index >= 15 is 0 Å². The number of carbonyl (C=O) groups excluding carboxylic acids is 1. The van der Waals surface area contributed by atoms with Crippen LogP contribution in [-0.2, 0) is 22.5 Å². The van der Waals surface area contributed by atoms with Crippen LogP contribution in [0.5, 0.6) is 0 Å².